The SMILES string of the molecule is Cc1ccc(C2COC3=C2C(=O)CCC3)cc1. The molecule has 1 aliphatic carbocycles. The Balaban J connectivity index is 1.97. The maximum atomic E-state index is 12.0. The number of carbonyl (C=O) groups excluding carboxylic acids is 1. The van der Waals surface area contributed by atoms with Crippen molar-refractivity contribution < 1.29 is 9.53 Å². The molecule has 0 saturated heterocycles. The first-order valence-corrected chi connectivity index (χ1v) is 6.21. The molecule has 1 aromatic carbocycles. The van der Waals surface area contributed by atoms with Gasteiger partial charge in [-0.25, -0.2) is 0 Å². The number of rotatable bonds is 1. The van der Waals surface area contributed by atoms with E-state index in [9.17, 15) is 4.79 Å². The molecule has 1 aromatic rings. The van der Waals surface area contributed by atoms with Gasteiger partial charge in [0.1, 0.15) is 5.76 Å². The van der Waals surface area contributed by atoms with Gasteiger partial charge < -0.3 is 4.74 Å². The van der Waals surface area contributed by atoms with Crippen LogP contribution < -0.4 is 0 Å². The Bertz CT molecular complexity index is 482. The fourth-order valence-electron chi connectivity index (χ4n) is 2.70. The third kappa shape index (κ3) is 1.78. The molecular formula is C15H16O2. The van der Waals surface area contributed by atoms with Crippen LogP contribution in [0.2, 0.25) is 0 Å². The molecule has 1 unspecified atom stereocenters. The number of ketones is 1. The van der Waals surface area contributed by atoms with Crippen LogP contribution in [-0.2, 0) is 9.53 Å². The molecule has 1 heterocycles. The van der Waals surface area contributed by atoms with Gasteiger partial charge in [0.25, 0.3) is 0 Å². The predicted octanol–water partition coefficient (Wildman–Crippen LogP) is 3.12. The minimum atomic E-state index is 0.165. The van der Waals surface area contributed by atoms with Crippen LogP contribution in [0, 0.1) is 6.92 Å². The summed E-state index contributed by atoms with van der Waals surface area (Å²) in [6, 6.07) is 8.42. The first-order valence-electron chi connectivity index (χ1n) is 6.21. The monoisotopic (exact) mass is 228 g/mol. The van der Waals surface area contributed by atoms with E-state index in [0.29, 0.717) is 13.0 Å². The highest BCUT2D eigenvalue weighted by molar-refractivity contribution is 5.98. The Morgan fingerprint density at radius 3 is 2.71 bits per heavy atom. The zero-order valence-corrected chi connectivity index (χ0v) is 10.0. The number of Topliss-reactive ketones (excluding diaryl/α,β-unsaturated/α-hetero) is 1. The number of benzene rings is 1. The number of hydrogen-bond donors (Lipinski definition) is 0. The molecule has 0 fully saturated rings. The molecule has 0 amide bonds. The van der Waals surface area contributed by atoms with Crippen LogP contribution in [-0.4, -0.2) is 12.4 Å². The quantitative estimate of drug-likeness (QED) is 0.738. The van der Waals surface area contributed by atoms with E-state index in [1.807, 2.05) is 0 Å². The van der Waals surface area contributed by atoms with Crippen LogP contribution in [0.25, 0.3) is 0 Å². The van der Waals surface area contributed by atoms with E-state index < -0.39 is 0 Å². The summed E-state index contributed by atoms with van der Waals surface area (Å²) in [4.78, 5) is 12.0. The summed E-state index contributed by atoms with van der Waals surface area (Å²) in [5.41, 5.74) is 3.40. The van der Waals surface area contributed by atoms with Crippen LogP contribution in [0.15, 0.2) is 35.6 Å². The topological polar surface area (TPSA) is 26.3 Å². The number of hydrogen-bond acceptors (Lipinski definition) is 2. The zero-order valence-electron chi connectivity index (χ0n) is 10.0. The van der Waals surface area contributed by atoms with Crippen LogP contribution in [0.1, 0.15) is 36.3 Å². The van der Waals surface area contributed by atoms with E-state index in [2.05, 4.69) is 31.2 Å². The molecule has 3 rings (SSSR count). The van der Waals surface area contributed by atoms with Crippen molar-refractivity contribution in [3.63, 3.8) is 0 Å². The average Bonchev–Trinajstić information content (AvgIpc) is 2.75. The van der Waals surface area contributed by atoms with Crippen molar-refractivity contribution in [2.75, 3.05) is 6.61 Å². The van der Waals surface area contributed by atoms with Crippen molar-refractivity contribution in [1.29, 1.82) is 0 Å². The van der Waals surface area contributed by atoms with Gasteiger partial charge in [0.2, 0.25) is 0 Å². The Kier molecular flexibility index (Phi) is 2.50. The summed E-state index contributed by atoms with van der Waals surface area (Å²) in [6.07, 6.45) is 2.56. The first kappa shape index (κ1) is 10.6. The molecule has 0 spiro atoms. The van der Waals surface area contributed by atoms with Gasteiger partial charge in [0.05, 0.1) is 6.61 Å². The predicted molar refractivity (Wildman–Crippen MR) is 65.8 cm³/mol. The molecule has 0 saturated carbocycles. The van der Waals surface area contributed by atoms with E-state index in [-0.39, 0.29) is 11.7 Å². The molecule has 1 atom stereocenters. The highest BCUT2D eigenvalue weighted by Crippen LogP contribution is 2.39. The van der Waals surface area contributed by atoms with Crippen molar-refractivity contribution in [3.8, 4) is 0 Å². The summed E-state index contributed by atoms with van der Waals surface area (Å²) in [5.74, 6) is 1.40. The molecule has 2 aliphatic rings. The molecular weight excluding hydrogens is 212 g/mol. The van der Waals surface area contributed by atoms with Crippen LogP contribution in [0.3, 0.4) is 0 Å². The lowest BCUT2D eigenvalue weighted by molar-refractivity contribution is -0.116. The van der Waals surface area contributed by atoms with E-state index in [1.54, 1.807) is 0 Å². The Hall–Kier alpha value is -1.57. The standard InChI is InChI=1S/C15H16O2/c1-10-5-7-11(8-6-10)12-9-17-14-4-2-3-13(16)15(12)14/h5-8,12H,2-4,9H2,1H3. The van der Waals surface area contributed by atoms with Gasteiger partial charge in [-0.05, 0) is 18.9 Å². The normalized spacial score (nSPS) is 23.6. The smallest absolute Gasteiger partial charge is 0.162 e. The largest absolute Gasteiger partial charge is 0.497 e. The molecule has 0 radical (unpaired) electrons. The van der Waals surface area contributed by atoms with Gasteiger partial charge in [-0.1, -0.05) is 29.8 Å². The Morgan fingerprint density at radius 2 is 1.94 bits per heavy atom. The second kappa shape index (κ2) is 4.02. The maximum absolute atomic E-state index is 12.0. The number of aryl methyl sites for hydroxylation is 1. The Morgan fingerprint density at radius 1 is 1.18 bits per heavy atom. The van der Waals surface area contributed by atoms with Gasteiger partial charge in [-0.3, -0.25) is 4.79 Å². The highest BCUT2D eigenvalue weighted by atomic mass is 16.5. The van der Waals surface area contributed by atoms with E-state index >= 15 is 0 Å². The third-order valence-corrected chi connectivity index (χ3v) is 3.66. The second-order valence-electron chi connectivity index (χ2n) is 4.89. The average molecular weight is 228 g/mol. The first-order chi connectivity index (χ1) is 8.25. The number of allylic oxidation sites excluding steroid dienone is 1. The molecule has 2 heteroatoms. The summed E-state index contributed by atoms with van der Waals surface area (Å²) in [5, 5.41) is 0. The number of ether oxygens (including phenoxy) is 1. The van der Waals surface area contributed by atoms with Crippen molar-refractivity contribution in [2.45, 2.75) is 32.1 Å². The lowest BCUT2D eigenvalue weighted by atomic mass is 9.85. The summed E-state index contributed by atoms with van der Waals surface area (Å²) in [7, 11) is 0. The lowest BCUT2D eigenvalue weighted by Gasteiger charge is -2.15. The summed E-state index contributed by atoms with van der Waals surface area (Å²) < 4.78 is 5.68. The fraction of sp³-hybridized carbons (Fsp3) is 0.400. The summed E-state index contributed by atoms with van der Waals surface area (Å²) in [6.45, 7) is 2.71. The summed E-state index contributed by atoms with van der Waals surface area (Å²) >= 11 is 0. The lowest BCUT2D eigenvalue weighted by Crippen LogP contribution is -2.14. The molecule has 2 nitrogen and oxygen atoms in total. The maximum Gasteiger partial charge on any atom is 0.162 e. The molecule has 1 aliphatic heterocycles. The molecule has 0 bridgehead atoms. The highest BCUT2D eigenvalue weighted by Gasteiger charge is 2.35. The third-order valence-electron chi connectivity index (χ3n) is 3.66. The van der Waals surface area contributed by atoms with Crippen LogP contribution >= 0.6 is 0 Å². The molecule has 17 heavy (non-hydrogen) atoms. The van der Waals surface area contributed by atoms with E-state index in [1.165, 1.54) is 11.1 Å². The molecule has 0 N–H and O–H groups in total. The van der Waals surface area contributed by atoms with Crippen molar-refractivity contribution in [2.24, 2.45) is 0 Å². The minimum absolute atomic E-state index is 0.165. The molecule has 88 valence electrons. The van der Waals surface area contributed by atoms with Crippen LogP contribution in [0.4, 0.5) is 0 Å². The van der Waals surface area contributed by atoms with Gasteiger partial charge in [-0.15, -0.1) is 0 Å². The van der Waals surface area contributed by atoms with Gasteiger partial charge in [-0.2, -0.15) is 0 Å². The number of carbonyl (C=O) groups is 1. The van der Waals surface area contributed by atoms with Crippen molar-refractivity contribution in [3.05, 3.63) is 46.7 Å². The second-order valence-corrected chi connectivity index (χ2v) is 4.89. The van der Waals surface area contributed by atoms with Gasteiger partial charge in [0, 0.05) is 24.3 Å². The van der Waals surface area contributed by atoms with Crippen LogP contribution in [0.5, 0.6) is 0 Å². The van der Waals surface area contributed by atoms with Gasteiger partial charge >= 0.3 is 0 Å². The van der Waals surface area contributed by atoms with Gasteiger partial charge in [0.15, 0.2) is 5.78 Å². The minimum Gasteiger partial charge on any atom is -0.497 e. The van der Waals surface area contributed by atoms with E-state index in [0.717, 1.165) is 24.2 Å². The fourth-order valence-corrected chi connectivity index (χ4v) is 2.70. The molecule has 0 aromatic heterocycles. The van der Waals surface area contributed by atoms with Crippen molar-refractivity contribution >= 4 is 5.78 Å². The Labute approximate surface area is 101 Å². The zero-order chi connectivity index (χ0) is 11.8. The van der Waals surface area contributed by atoms with E-state index in [4.69, 9.17) is 4.74 Å². The van der Waals surface area contributed by atoms with Crippen molar-refractivity contribution in [1.82, 2.24) is 0 Å².